The molecule has 0 unspecified atom stereocenters. The zero-order valence-electron chi connectivity index (χ0n) is 29.8. The number of methoxy groups -OCH3 is 2. The number of unbranched alkanes of at least 4 members (excludes halogenated alkanes) is 6. The van der Waals surface area contributed by atoms with Crippen LogP contribution in [0.1, 0.15) is 77.0 Å². The number of rotatable bonds is 21. The van der Waals surface area contributed by atoms with E-state index in [2.05, 4.69) is 0 Å². The number of carbonyl (C=O) groups is 4. The van der Waals surface area contributed by atoms with Gasteiger partial charge in [-0.25, -0.2) is 0 Å². The van der Waals surface area contributed by atoms with Crippen molar-refractivity contribution in [3.8, 4) is 45.6 Å². The highest BCUT2D eigenvalue weighted by molar-refractivity contribution is 5.75. The van der Waals surface area contributed by atoms with Crippen LogP contribution < -0.4 is 28.4 Å². The predicted molar refractivity (Wildman–Crippen MR) is 196 cm³/mol. The molecule has 0 aliphatic carbocycles. The first-order valence-corrected chi connectivity index (χ1v) is 17.6. The number of ether oxygens (including phenoxy) is 6. The van der Waals surface area contributed by atoms with Gasteiger partial charge in [-0.3, -0.25) is 19.2 Å². The van der Waals surface area contributed by atoms with Crippen molar-refractivity contribution in [3.05, 3.63) is 97.1 Å². The van der Waals surface area contributed by atoms with Crippen molar-refractivity contribution in [1.82, 2.24) is 0 Å². The van der Waals surface area contributed by atoms with Gasteiger partial charge in [0.2, 0.25) is 0 Å². The quantitative estimate of drug-likeness (QED) is 0.0470. The monoisotopic (exact) mass is 710 g/mol. The van der Waals surface area contributed by atoms with Gasteiger partial charge in [0.15, 0.2) is 23.0 Å². The molecule has 274 valence electrons. The van der Waals surface area contributed by atoms with E-state index in [4.69, 9.17) is 28.4 Å². The molecule has 10 heteroatoms. The van der Waals surface area contributed by atoms with Gasteiger partial charge < -0.3 is 28.4 Å². The largest absolute Gasteiger partial charge is 0.493 e. The summed E-state index contributed by atoms with van der Waals surface area (Å²) in [6, 6.07) is 28.5. The molecule has 4 aromatic rings. The number of esters is 4. The molecule has 0 amide bonds. The van der Waals surface area contributed by atoms with Crippen molar-refractivity contribution in [2.24, 2.45) is 0 Å². The predicted octanol–water partition coefficient (Wildman–Crippen LogP) is 9.07. The van der Waals surface area contributed by atoms with Crippen LogP contribution in [-0.2, 0) is 19.2 Å². The zero-order valence-corrected chi connectivity index (χ0v) is 29.8. The third-order valence-electron chi connectivity index (χ3n) is 8.11. The number of para-hydroxylation sites is 4. The van der Waals surface area contributed by atoms with Crippen LogP contribution in [-0.4, -0.2) is 38.1 Å². The Hall–Kier alpha value is -5.64. The first-order chi connectivity index (χ1) is 25.3. The van der Waals surface area contributed by atoms with Gasteiger partial charge in [-0.05, 0) is 85.3 Å². The van der Waals surface area contributed by atoms with Gasteiger partial charge in [0.05, 0.1) is 14.2 Å². The summed E-state index contributed by atoms with van der Waals surface area (Å²) in [6.45, 7) is 0. The summed E-state index contributed by atoms with van der Waals surface area (Å²) >= 11 is 0. The van der Waals surface area contributed by atoms with Crippen molar-refractivity contribution in [1.29, 1.82) is 0 Å². The number of benzene rings is 4. The van der Waals surface area contributed by atoms with Crippen molar-refractivity contribution in [3.63, 3.8) is 0 Å². The molecule has 0 bridgehead atoms. The van der Waals surface area contributed by atoms with E-state index in [9.17, 15) is 19.2 Å². The van der Waals surface area contributed by atoms with E-state index in [0.717, 1.165) is 36.8 Å². The van der Waals surface area contributed by atoms with Crippen molar-refractivity contribution in [2.75, 3.05) is 14.2 Å². The van der Waals surface area contributed by atoms with Crippen LogP contribution in [0.5, 0.6) is 34.5 Å². The fraction of sp³-hybridized carbons (Fsp3) is 0.333. The first kappa shape index (κ1) is 39.2. The fourth-order valence-corrected chi connectivity index (χ4v) is 5.33. The smallest absolute Gasteiger partial charge is 0.311 e. The highest BCUT2D eigenvalue weighted by atomic mass is 16.6. The Labute approximate surface area is 304 Å². The van der Waals surface area contributed by atoms with Crippen LogP contribution in [0.2, 0.25) is 0 Å². The van der Waals surface area contributed by atoms with E-state index in [-0.39, 0.29) is 36.7 Å². The van der Waals surface area contributed by atoms with Gasteiger partial charge in [0.1, 0.15) is 11.5 Å². The van der Waals surface area contributed by atoms with E-state index in [0.29, 0.717) is 73.0 Å². The lowest BCUT2D eigenvalue weighted by molar-refractivity contribution is -0.135. The summed E-state index contributed by atoms with van der Waals surface area (Å²) in [5, 5.41) is 0. The second kappa shape index (κ2) is 21.5. The van der Waals surface area contributed by atoms with E-state index >= 15 is 0 Å². The molecular weight excluding hydrogens is 664 g/mol. The molecule has 10 nitrogen and oxygen atoms in total. The third kappa shape index (κ3) is 13.6. The Balaban J connectivity index is 1.05. The maximum Gasteiger partial charge on any atom is 0.311 e. The number of carbonyl (C=O) groups excluding carboxylic acids is 4. The van der Waals surface area contributed by atoms with Crippen molar-refractivity contribution < 1.29 is 47.6 Å². The Morgan fingerprint density at radius 3 is 0.962 bits per heavy atom. The second-order valence-electron chi connectivity index (χ2n) is 12.1. The molecule has 0 aliphatic rings. The molecule has 52 heavy (non-hydrogen) atoms. The highest BCUT2D eigenvalue weighted by Crippen LogP contribution is 2.28. The maximum absolute atomic E-state index is 12.3. The van der Waals surface area contributed by atoms with Gasteiger partial charge in [-0.1, -0.05) is 74.2 Å². The average Bonchev–Trinajstić information content (AvgIpc) is 3.15. The Kier molecular flexibility index (Phi) is 16.2. The molecule has 0 fully saturated rings. The van der Waals surface area contributed by atoms with E-state index < -0.39 is 0 Å². The van der Waals surface area contributed by atoms with Crippen LogP contribution in [0.15, 0.2) is 97.1 Å². The van der Waals surface area contributed by atoms with E-state index in [1.54, 1.807) is 60.7 Å². The summed E-state index contributed by atoms with van der Waals surface area (Å²) in [4.78, 5) is 48.9. The van der Waals surface area contributed by atoms with E-state index in [1.807, 2.05) is 36.4 Å². The lowest BCUT2D eigenvalue weighted by Gasteiger charge is -2.09. The molecule has 0 saturated heterocycles. The minimum atomic E-state index is -0.314. The van der Waals surface area contributed by atoms with Gasteiger partial charge in [-0.15, -0.1) is 0 Å². The summed E-state index contributed by atoms with van der Waals surface area (Å²) in [7, 11) is 3.05. The van der Waals surface area contributed by atoms with Crippen molar-refractivity contribution >= 4 is 23.9 Å². The molecule has 0 N–H and O–H groups in total. The Bertz CT molecular complexity index is 1600. The SMILES string of the molecule is COc1ccccc1OC(=O)CCCCCCC(=O)Oc1ccc(-c2ccc(OC(=O)CCCCCCC(=O)Oc3ccccc3OC)cc2)cc1. The summed E-state index contributed by atoms with van der Waals surface area (Å²) in [5.74, 6) is 1.52. The highest BCUT2D eigenvalue weighted by Gasteiger charge is 2.12. The van der Waals surface area contributed by atoms with Crippen LogP contribution in [0.4, 0.5) is 0 Å². The number of hydrogen-bond donors (Lipinski definition) is 0. The second-order valence-corrected chi connectivity index (χ2v) is 12.1. The summed E-state index contributed by atoms with van der Waals surface area (Å²) < 4.78 is 32.1. The third-order valence-corrected chi connectivity index (χ3v) is 8.11. The Morgan fingerprint density at radius 1 is 0.365 bits per heavy atom. The molecule has 0 aliphatic heterocycles. The zero-order chi connectivity index (χ0) is 37.0. The molecule has 0 atom stereocenters. The normalized spacial score (nSPS) is 10.6. The molecular formula is C42H46O10. The molecule has 0 aromatic heterocycles. The maximum atomic E-state index is 12.3. The lowest BCUT2D eigenvalue weighted by atomic mass is 10.1. The molecule has 0 radical (unpaired) electrons. The van der Waals surface area contributed by atoms with Gasteiger partial charge in [0, 0.05) is 25.7 Å². The fourth-order valence-electron chi connectivity index (χ4n) is 5.33. The van der Waals surface area contributed by atoms with E-state index in [1.165, 1.54) is 14.2 Å². The molecule has 0 saturated carbocycles. The average molecular weight is 711 g/mol. The summed E-state index contributed by atoms with van der Waals surface area (Å²) in [5.41, 5.74) is 1.85. The number of hydrogen-bond acceptors (Lipinski definition) is 10. The minimum Gasteiger partial charge on any atom is -0.493 e. The molecule has 4 rings (SSSR count). The van der Waals surface area contributed by atoms with Crippen LogP contribution in [0.25, 0.3) is 11.1 Å². The lowest BCUT2D eigenvalue weighted by Crippen LogP contribution is -2.09. The standard InChI is InChI=1S/C42H46O10/c1-47-35-15-11-13-17-37(35)51-41(45)21-9-5-3-7-19-39(43)49-33-27-23-31(24-28-33)32-25-29-34(30-26-32)50-40(44)20-8-4-6-10-22-42(46)52-38-18-14-12-16-36(38)48-2/h11-18,23-30H,3-10,19-22H2,1-2H3. The Morgan fingerprint density at radius 2 is 0.654 bits per heavy atom. The molecule has 0 spiro atoms. The van der Waals surface area contributed by atoms with Crippen LogP contribution >= 0.6 is 0 Å². The molecule has 0 heterocycles. The van der Waals surface area contributed by atoms with Crippen LogP contribution in [0.3, 0.4) is 0 Å². The summed E-state index contributed by atoms with van der Waals surface area (Å²) in [6.07, 6.45) is 7.03. The van der Waals surface area contributed by atoms with Gasteiger partial charge in [-0.2, -0.15) is 0 Å². The van der Waals surface area contributed by atoms with Gasteiger partial charge >= 0.3 is 23.9 Å². The van der Waals surface area contributed by atoms with Crippen molar-refractivity contribution in [2.45, 2.75) is 77.0 Å². The van der Waals surface area contributed by atoms with Crippen LogP contribution in [0, 0.1) is 0 Å². The molecule has 4 aromatic carbocycles. The topological polar surface area (TPSA) is 124 Å². The van der Waals surface area contributed by atoms with Gasteiger partial charge in [0.25, 0.3) is 0 Å². The first-order valence-electron chi connectivity index (χ1n) is 17.6. The minimum absolute atomic E-state index is 0.287.